The van der Waals surface area contributed by atoms with E-state index in [4.69, 9.17) is 5.73 Å². The van der Waals surface area contributed by atoms with Gasteiger partial charge in [-0.1, -0.05) is 29.8 Å². The Morgan fingerprint density at radius 2 is 1.86 bits per heavy atom. The molecule has 5 nitrogen and oxygen atoms in total. The number of pyridine rings is 1. The van der Waals surface area contributed by atoms with Crippen LogP contribution in [0.3, 0.4) is 0 Å². The summed E-state index contributed by atoms with van der Waals surface area (Å²) >= 11 is 0. The third-order valence-corrected chi connectivity index (χ3v) is 3.53. The number of nitrogen functional groups attached to an aromatic ring is 1. The summed E-state index contributed by atoms with van der Waals surface area (Å²) in [4.78, 5) is 11.8. The first-order valence-electron chi connectivity index (χ1n) is 6.64. The summed E-state index contributed by atoms with van der Waals surface area (Å²) in [6.45, 7) is 2.03. The molecule has 0 saturated carbocycles. The van der Waals surface area contributed by atoms with Crippen molar-refractivity contribution in [2.75, 3.05) is 5.73 Å². The maximum absolute atomic E-state index is 11.8. The van der Waals surface area contributed by atoms with Crippen molar-refractivity contribution in [3.8, 4) is 22.4 Å². The molecule has 0 aliphatic heterocycles. The van der Waals surface area contributed by atoms with Gasteiger partial charge in [0, 0.05) is 24.9 Å². The Bertz CT molecular complexity index is 843. The van der Waals surface area contributed by atoms with Crippen LogP contribution in [0.25, 0.3) is 22.4 Å². The Balaban J connectivity index is 2.18. The van der Waals surface area contributed by atoms with E-state index < -0.39 is 0 Å². The highest BCUT2D eigenvalue weighted by Gasteiger charge is 2.15. The minimum atomic E-state index is -0.0736. The van der Waals surface area contributed by atoms with Gasteiger partial charge in [0.25, 0.3) is 5.56 Å². The van der Waals surface area contributed by atoms with Crippen molar-refractivity contribution in [2.45, 2.75) is 6.92 Å². The molecule has 0 unspecified atom stereocenters. The van der Waals surface area contributed by atoms with Gasteiger partial charge in [0.2, 0.25) is 0 Å². The van der Waals surface area contributed by atoms with Crippen molar-refractivity contribution in [1.29, 1.82) is 0 Å². The van der Waals surface area contributed by atoms with Gasteiger partial charge in [-0.15, -0.1) is 0 Å². The van der Waals surface area contributed by atoms with E-state index in [1.165, 1.54) is 10.1 Å². The van der Waals surface area contributed by atoms with E-state index in [0.717, 1.165) is 22.4 Å². The standard InChI is InChI=1S/C16H16N4O/c1-10-3-5-11(6-4-10)14-15(18-19-16(14)17)12-7-8-20(2)13(21)9-12/h3-9H,1-2H3,(H3,17,18,19). The summed E-state index contributed by atoms with van der Waals surface area (Å²) < 4.78 is 1.52. The molecule has 0 fully saturated rings. The lowest BCUT2D eigenvalue weighted by atomic mass is 10.0. The molecule has 0 amide bonds. The Morgan fingerprint density at radius 3 is 2.52 bits per heavy atom. The van der Waals surface area contributed by atoms with Gasteiger partial charge in [-0.25, -0.2) is 0 Å². The Morgan fingerprint density at radius 1 is 1.14 bits per heavy atom. The number of nitrogens with one attached hydrogen (secondary N) is 1. The molecular formula is C16H16N4O. The summed E-state index contributed by atoms with van der Waals surface area (Å²) in [5, 5.41) is 7.01. The lowest BCUT2D eigenvalue weighted by molar-refractivity contribution is 0.861. The van der Waals surface area contributed by atoms with Gasteiger partial charge in [0.1, 0.15) is 0 Å². The molecule has 1 aromatic carbocycles. The zero-order chi connectivity index (χ0) is 15.0. The third kappa shape index (κ3) is 2.33. The normalized spacial score (nSPS) is 10.8. The molecule has 0 aliphatic carbocycles. The molecule has 2 aromatic heterocycles. The Kier molecular flexibility index (Phi) is 3.10. The number of anilines is 1. The lowest BCUT2D eigenvalue weighted by Crippen LogP contribution is -2.14. The second kappa shape index (κ2) is 4.94. The molecule has 0 atom stereocenters. The highest BCUT2D eigenvalue weighted by atomic mass is 16.1. The molecule has 21 heavy (non-hydrogen) atoms. The van der Waals surface area contributed by atoms with E-state index in [9.17, 15) is 4.79 Å². The fraction of sp³-hybridized carbons (Fsp3) is 0.125. The molecule has 5 heteroatoms. The third-order valence-electron chi connectivity index (χ3n) is 3.53. The van der Waals surface area contributed by atoms with Crippen LogP contribution in [0.15, 0.2) is 47.4 Å². The second-order valence-electron chi connectivity index (χ2n) is 5.09. The average molecular weight is 280 g/mol. The summed E-state index contributed by atoms with van der Waals surface area (Å²) in [6.07, 6.45) is 1.73. The molecule has 2 heterocycles. The molecular weight excluding hydrogens is 264 g/mol. The van der Waals surface area contributed by atoms with Crippen LogP contribution in [0.1, 0.15) is 5.56 Å². The molecule has 0 saturated heterocycles. The number of nitrogens with zero attached hydrogens (tertiary/aromatic N) is 2. The molecule has 0 bridgehead atoms. The first-order chi connectivity index (χ1) is 10.1. The van der Waals surface area contributed by atoms with Gasteiger partial charge in [0.15, 0.2) is 5.82 Å². The number of H-pyrrole nitrogens is 1. The molecule has 3 N–H and O–H groups in total. The zero-order valence-corrected chi connectivity index (χ0v) is 11.9. The second-order valence-corrected chi connectivity index (χ2v) is 5.09. The van der Waals surface area contributed by atoms with Crippen LogP contribution >= 0.6 is 0 Å². The number of hydrogen-bond acceptors (Lipinski definition) is 3. The zero-order valence-electron chi connectivity index (χ0n) is 11.9. The van der Waals surface area contributed by atoms with Crippen LogP contribution in [0, 0.1) is 6.92 Å². The van der Waals surface area contributed by atoms with E-state index in [-0.39, 0.29) is 5.56 Å². The maximum atomic E-state index is 11.8. The van der Waals surface area contributed by atoms with E-state index in [2.05, 4.69) is 10.2 Å². The van der Waals surface area contributed by atoms with Gasteiger partial charge < -0.3 is 10.3 Å². The Labute approximate surface area is 122 Å². The smallest absolute Gasteiger partial charge is 0.250 e. The summed E-state index contributed by atoms with van der Waals surface area (Å²) in [5.41, 5.74) is 10.4. The minimum Gasteiger partial charge on any atom is -0.382 e. The van der Waals surface area contributed by atoms with Gasteiger partial charge in [-0.2, -0.15) is 5.10 Å². The monoisotopic (exact) mass is 280 g/mol. The van der Waals surface area contributed by atoms with Gasteiger partial charge >= 0.3 is 0 Å². The lowest BCUT2D eigenvalue weighted by Gasteiger charge is -2.06. The van der Waals surface area contributed by atoms with Crippen LogP contribution in [-0.4, -0.2) is 14.8 Å². The molecule has 106 valence electrons. The molecule has 3 aromatic rings. The molecule has 0 radical (unpaired) electrons. The first kappa shape index (κ1) is 13.2. The van der Waals surface area contributed by atoms with Crippen LogP contribution in [-0.2, 0) is 7.05 Å². The summed E-state index contributed by atoms with van der Waals surface area (Å²) in [7, 11) is 1.72. The minimum absolute atomic E-state index is 0.0736. The van der Waals surface area contributed by atoms with Crippen molar-refractivity contribution in [3.05, 3.63) is 58.5 Å². The van der Waals surface area contributed by atoms with E-state index >= 15 is 0 Å². The predicted molar refractivity (Wildman–Crippen MR) is 83.9 cm³/mol. The van der Waals surface area contributed by atoms with Gasteiger partial charge in [-0.05, 0) is 18.6 Å². The number of benzene rings is 1. The van der Waals surface area contributed by atoms with E-state index in [1.807, 2.05) is 37.3 Å². The average Bonchev–Trinajstić information content (AvgIpc) is 2.85. The van der Waals surface area contributed by atoms with E-state index in [0.29, 0.717) is 5.82 Å². The van der Waals surface area contributed by atoms with Crippen molar-refractivity contribution in [1.82, 2.24) is 14.8 Å². The highest BCUT2D eigenvalue weighted by molar-refractivity contribution is 5.87. The fourth-order valence-corrected chi connectivity index (χ4v) is 2.28. The number of aromatic nitrogens is 3. The predicted octanol–water partition coefficient (Wildman–Crippen LogP) is 2.33. The number of nitrogens with two attached hydrogens (primary N) is 1. The summed E-state index contributed by atoms with van der Waals surface area (Å²) in [5.74, 6) is 0.425. The van der Waals surface area contributed by atoms with Crippen LogP contribution < -0.4 is 11.3 Å². The fourth-order valence-electron chi connectivity index (χ4n) is 2.28. The van der Waals surface area contributed by atoms with Crippen molar-refractivity contribution < 1.29 is 0 Å². The first-order valence-corrected chi connectivity index (χ1v) is 6.64. The van der Waals surface area contributed by atoms with Crippen molar-refractivity contribution >= 4 is 5.82 Å². The largest absolute Gasteiger partial charge is 0.382 e. The van der Waals surface area contributed by atoms with Gasteiger partial charge in [-0.3, -0.25) is 9.89 Å². The van der Waals surface area contributed by atoms with Crippen LogP contribution in [0.5, 0.6) is 0 Å². The molecule has 0 spiro atoms. The number of hydrogen-bond donors (Lipinski definition) is 2. The van der Waals surface area contributed by atoms with Crippen molar-refractivity contribution in [3.63, 3.8) is 0 Å². The summed E-state index contributed by atoms with van der Waals surface area (Å²) in [6, 6.07) is 11.5. The molecule has 3 rings (SSSR count). The van der Waals surface area contributed by atoms with Crippen LogP contribution in [0.2, 0.25) is 0 Å². The van der Waals surface area contributed by atoms with Crippen LogP contribution in [0.4, 0.5) is 5.82 Å². The topological polar surface area (TPSA) is 76.7 Å². The number of aryl methyl sites for hydroxylation is 2. The Hall–Kier alpha value is -2.82. The SMILES string of the molecule is Cc1ccc(-c2c(N)n[nH]c2-c2ccn(C)c(=O)c2)cc1. The van der Waals surface area contributed by atoms with Gasteiger partial charge in [0.05, 0.1) is 11.3 Å². The maximum Gasteiger partial charge on any atom is 0.250 e. The number of aromatic amines is 1. The van der Waals surface area contributed by atoms with E-state index in [1.54, 1.807) is 19.3 Å². The highest BCUT2D eigenvalue weighted by Crippen LogP contribution is 2.34. The quantitative estimate of drug-likeness (QED) is 0.756. The van der Waals surface area contributed by atoms with Crippen molar-refractivity contribution in [2.24, 2.45) is 7.05 Å². The number of rotatable bonds is 2. The molecule has 0 aliphatic rings.